The molecule has 0 aliphatic heterocycles. The molecule has 3 N–H and O–H groups in total. The number of carbonyl (C=O) groups excluding carboxylic acids is 2. The lowest BCUT2D eigenvalue weighted by atomic mass is 9.86. The van der Waals surface area contributed by atoms with E-state index in [1.165, 1.54) is 23.6 Å². The molecule has 51 heavy (non-hydrogen) atoms. The van der Waals surface area contributed by atoms with Crippen molar-refractivity contribution >= 4 is 23.5 Å². The fourth-order valence-corrected chi connectivity index (χ4v) is 6.23. The van der Waals surface area contributed by atoms with Crippen LogP contribution in [0, 0.1) is 11.8 Å². The third kappa shape index (κ3) is 11.3. The van der Waals surface area contributed by atoms with Crippen LogP contribution >= 0.6 is 0 Å². The van der Waals surface area contributed by atoms with E-state index in [0.717, 1.165) is 71.1 Å². The SMILES string of the molecule is CN(CCCOCCCN)CC1CCC(n2cc(NC(=O)c3coc(-c4ccnc(N(CC5CC5)C(=O)OC(C)(C)C)c4)n3)c(C(F)F)n2)CC1. The van der Waals surface area contributed by atoms with E-state index in [9.17, 15) is 18.4 Å². The highest BCUT2D eigenvalue weighted by molar-refractivity contribution is 6.03. The van der Waals surface area contributed by atoms with Gasteiger partial charge in [-0.1, -0.05) is 0 Å². The quantitative estimate of drug-likeness (QED) is 0.145. The van der Waals surface area contributed by atoms with E-state index < -0.39 is 29.7 Å². The highest BCUT2D eigenvalue weighted by Gasteiger charge is 2.32. The Labute approximate surface area is 298 Å². The molecule has 5 rings (SSSR count). The van der Waals surface area contributed by atoms with Gasteiger partial charge in [-0.3, -0.25) is 14.4 Å². The van der Waals surface area contributed by atoms with E-state index in [0.29, 0.717) is 42.9 Å². The van der Waals surface area contributed by atoms with Gasteiger partial charge in [-0.15, -0.1) is 0 Å². The zero-order valence-corrected chi connectivity index (χ0v) is 30.2. The molecule has 3 aromatic rings. The van der Waals surface area contributed by atoms with Gasteiger partial charge in [0.25, 0.3) is 12.3 Å². The first kappa shape index (κ1) is 38.3. The van der Waals surface area contributed by atoms with Crippen molar-refractivity contribution in [3.05, 3.63) is 42.2 Å². The number of alkyl halides is 2. The van der Waals surface area contributed by atoms with Gasteiger partial charge in [-0.2, -0.15) is 5.10 Å². The molecule has 3 heterocycles. The summed E-state index contributed by atoms with van der Waals surface area (Å²) in [5, 5.41) is 6.77. The predicted octanol–water partition coefficient (Wildman–Crippen LogP) is 6.69. The number of nitrogens with one attached hydrogen (secondary N) is 1. The van der Waals surface area contributed by atoms with Gasteiger partial charge in [0.15, 0.2) is 11.4 Å². The highest BCUT2D eigenvalue weighted by Crippen LogP contribution is 2.36. The molecule has 13 nitrogen and oxygen atoms in total. The fourth-order valence-electron chi connectivity index (χ4n) is 6.23. The lowest BCUT2D eigenvalue weighted by Crippen LogP contribution is -2.38. The Balaban J connectivity index is 1.18. The van der Waals surface area contributed by atoms with Crippen molar-refractivity contribution < 1.29 is 32.3 Å². The molecule has 2 amide bonds. The van der Waals surface area contributed by atoms with Gasteiger partial charge >= 0.3 is 6.09 Å². The first-order valence-electron chi connectivity index (χ1n) is 18.0. The second-order valence-corrected chi connectivity index (χ2v) is 14.7. The first-order valence-corrected chi connectivity index (χ1v) is 18.0. The average Bonchev–Trinajstić information content (AvgIpc) is 3.59. The van der Waals surface area contributed by atoms with Crippen LogP contribution in [0.15, 0.2) is 35.2 Å². The number of amides is 2. The molecule has 3 aromatic heterocycles. The van der Waals surface area contributed by atoms with Crippen molar-refractivity contribution in [2.75, 3.05) is 56.7 Å². The number of halogens is 2. The minimum atomic E-state index is -2.88. The first-order chi connectivity index (χ1) is 24.4. The van der Waals surface area contributed by atoms with Gasteiger partial charge in [0.05, 0.1) is 11.7 Å². The maximum Gasteiger partial charge on any atom is 0.416 e. The molecule has 0 radical (unpaired) electrons. The second-order valence-electron chi connectivity index (χ2n) is 14.7. The van der Waals surface area contributed by atoms with Gasteiger partial charge in [-0.25, -0.2) is 23.5 Å². The van der Waals surface area contributed by atoms with Gasteiger partial charge in [0.1, 0.15) is 17.7 Å². The van der Waals surface area contributed by atoms with Crippen molar-refractivity contribution in [2.45, 2.75) is 90.2 Å². The molecule has 0 saturated heterocycles. The summed E-state index contributed by atoms with van der Waals surface area (Å²) in [6.07, 6.45) is 8.22. The third-order valence-corrected chi connectivity index (χ3v) is 9.05. The van der Waals surface area contributed by atoms with Crippen LogP contribution in [-0.4, -0.2) is 88.7 Å². The molecular weight excluding hydrogens is 662 g/mol. The Morgan fingerprint density at radius 2 is 1.80 bits per heavy atom. The van der Waals surface area contributed by atoms with E-state index in [4.69, 9.17) is 19.6 Å². The van der Waals surface area contributed by atoms with Crippen molar-refractivity contribution in [3.8, 4) is 11.5 Å². The number of carbonyl (C=O) groups is 2. The fraction of sp³-hybridized carbons (Fsp3) is 0.639. The molecule has 0 unspecified atom stereocenters. The van der Waals surface area contributed by atoms with E-state index in [-0.39, 0.29) is 23.3 Å². The number of oxazole rings is 1. The smallest absolute Gasteiger partial charge is 0.416 e. The average molecular weight is 715 g/mol. The number of aromatic nitrogens is 4. The molecule has 0 atom stereocenters. The Kier molecular flexibility index (Phi) is 13.1. The van der Waals surface area contributed by atoms with Crippen molar-refractivity contribution in [3.63, 3.8) is 0 Å². The lowest BCUT2D eigenvalue weighted by Gasteiger charge is -2.31. The molecule has 2 fully saturated rings. The molecule has 0 aromatic carbocycles. The zero-order chi connectivity index (χ0) is 36.5. The van der Waals surface area contributed by atoms with Gasteiger partial charge < -0.3 is 29.8 Å². The molecule has 0 bridgehead atoms. The molecule has 2 aliphatic rings. The number of anilines is 2. The number of nitrogens with zero attached hydrogens (tertiary/aromatic N) is 6. The number of nitrogens with two attached hydrogens (primary N) is 1. The minimum absolute atomic E-state index is 0.0367. The maximum absolute atomic E-state index is 14.1. The second kappa shape index (κ2) is 17.5. The number of hydrogen-bond acceptors (Lipinski definition) is 10. The van der Waals surface area contributed by atoms with Crippen LogP contribution in [0.25, 0.3) is 11.5 Å². The summed E-state index contributed by atoms with van der Waals surface area (Å²) in [4.78, 5) is 38.8. The van der Waals surface area contributed by atoms with E-state index in [1.54, 1.807) is 37.6 Å². The van der Waals surface area contributed by atoms with E-state index in [2.05, 4.69) is 32.3 Å². The normalized spacial score (nSPS) is 18.0. The topological polar surface area (TPSA) is 154 Å². The zero-order valence-electron chi connectivity index (χ0n) is 30.2. The standard InChI is InChI=1S/C36H52F2N8O5/c1-36(2,3)51-35(48)45(21-25-7-8-25)30-19-26(13-15-40-30)34-42-29(23-50-34)33(47)41-28-22-46(43-31(28)32(37)38)27-11-9-24(10-12-27)20-44(4)16-6-18-49-17-5-14-39/h13,15,19,22-25,27,32H,5-12,14,16-18,20-21,39H2,1-4H3,(H,41,47). The van der Waals surface area contributed by atoms with Crippen LogP contribution in [-0.2, 0) is 9.47 Å². The Bertz CT molecular complexity index is 1580. The van der Waals surface area contributed by atoms with E-state index >= 15 is 0 Å². The molecule has 2 saturated carbocycles. The van der Waals surface area contributed by atoms with E-state index in [1.807, 2.05) is 0 Å². The van der Waals surface area contributed by atoms with Crippen LogP contribution in [0.2, 0.25) is 0 Å². The van der Waals surface area contributed by atoms with Crippen LogP contribution in [0.1, 0.15) is 101 Å². The number of hydrogen-bond donors (Lipinski definition) is 2. The minimum Gasteiger partial charge on any atom is -0.444 e. The Morgan fingerprint density at radius 1 is 1.10 bits per heavy atom. The Hall–Kier alpha value is -3.95. The number of pyridine rings is 1. The third-order valence-electron chi connectivity index (χ3n) is 9.05. The summed E-state index contributed by atoms with van der Waals surface area (Å²) in [6.45, 7) is 9.86. The van der Waals surface area contributed by atoms with Crippen LogP contribution < -0.4 is 16.0 Å². The highest BCUT2D eigenvalue weighted by atomic mass is 19.3. The van der Waals surface area contributed by atoms with Crippen LogP contribution in [0.4, 0.5) is 25.1 Å². The molecular formula is C36H52F2N8O5. The predicted molar refractivity (Wildman–Crippen MR) is 189 cm³/mol. The summed E-state index contributed by atoms with van der Waals surface area (Å²) in [5.74, 6) is 0.666. The summed E-state index contributed by atoms with van der Waals surface area (Å²) in [7, 11) is 2.12. The Morgan fingerprint density at radius 3 is 2.49 bits per heavy atom. The van der Waals surface area contributed by atoms with Crippen molar-refractivity contribution in [1.29, 1.82) is 0 Å². The molecule has 15 heteroatoms. The summed E-state index contributed by atoms with van der Waals surface area (Å²) in [6, 6.07) is 3.26. The number of rotatable bonds is 17. The van der Waals surface area contributed by atoms with Gasteiger partial charge in [0.2, 0.25) is 5.89 Å². The van der Waals surface area contributed by atoms with Gasteiger partial charge in [-0.05, 0) is 110 Å². The molecule has 0 spiro atoms. The van der Waals surface area contributed by atoms with Crippen molar-refractivity contribution in [1.82, 2.24) is 24.6 Å². The summed E-state index contributed by atoms with van der Waals surface area (Å²) >= 11 is 0. The van der Waals surface area contributed by atoms with Crippen LogP contribution in [0.5, 0.6) is 0 Å². The van der Waals surface area contributed by atoms with Crippen molar-refractivity contribution in [2.24, 2.45) is 17.6 Å². The summed E-state index contributed by atoms with van der Waals surface area (Å²) in [5.41, 5.74) is 4.66. The lowest BCUT2D eigenvalue weighted by molar-refractivity contribution is 0.0577. The molecule has 2 aliphatic carbocycles. The van der Waals surface area contributed by atoms with Gasteiger partial charge in [0, 0.05) is 50.8 Å². The molecule has 280 valence electrons. The monoisotopic (exact) mass is 714 g/mol. The maximum atomic E-state index is 14.1. The largest absolute Gasteiger partial charge is 0.444 e. The van der Waals surface area contributed by atoms with Crippen LogP contribution in [0.3, 0.4) is 0 Å². The summed E-state index contributed by atoms with van der Waals surface area (Å²) < 4.78 is 46.6. The number of ether oxygens (including phenoxy) is 2.